The summed E-state index contributed by atoms with van der Waals surface area (Å²) < 4.78 is 25.3. The summed E-state index contributed by atoms with van der Waals surface area (Å²) in [4.78, 5) is 12.1. The second kappa shape index (κ2) is 7.51. The number of hydrogen-bond acceptors (Lipinski definition) is 2. The maximum Gasteiger partial charge on any atom is 0.239 e. The fraction of sp³-hybridized carbons (Fsp3) is 0.188. The first-order valence-corrected chi connectivity index (χ1v) is 8.40. The fourth-order valence-electron chi connectivity index (χ4n) is 1.80. The third-order valence-corrected chi connectivity index (χ3v) is 5.07. The molecule has 2 aromatic rings. The van der Waals surface area contributed by atoms with E-state index in [1.807, 2.05) is 6.07 Å². The normalized spacial score (nSPS) is 13.4. The molecule has 0 spiro atoms. The Morgan fingerprint density at radius 2 is 1.95 bits per heavy atom. The van der Waals surface area contributed by atoms with Crippen molar-refractivity contribution < 1.29 is 13.4 Å². The van der Waals surface area contributed by atoms with E-state index in [9.17, 15) is 13.4 Å². The second-order valence-electron chi connectivity index (χ2n) is 4.76. The van der Waals surface area contributed by atoms with Crippen molar-refractivity contribution in [3.8, 4) is 0 Å². The number of hydrogen-bond donors (Lipinski definition) is 1. The van der Waals surface area contributed by atoms with Crippen LogP contribution in [0.1, 0.15) is 12.5 Å². The average Bonchev–Trinajstić information content (AvgIpc) is 2.50. The molecule has 0 aromatic heterocycles. The van der Waals surface area contributed by atoms with Gasteiger partial charge in [0.25, 0.3) is 0 Å². The number of nitrogens with one attached hydrogen (secondary N) is 1. The lowest BCUT2D eigenvalue weighted by Gasteiger charge is -2.13. The van der Waals surface area contributed by atoms with Crippen LogP contribution in [0.2, 0.25) is 5.02 Å². The summed E-state index contributed by atoms with van der Waals surface area (Å²) in [6.07, 6.45) is 0. The smallest absolute Gasteiger partial charge is 0.239 e. The van der Waals surface area contributed by atoms with Crippen molar-refractivity contribution in [2.45, 2.75) is 17.9 Å². The molecule has 3 nitrogen and oxygen atoms in total. The van der Waals surface area contributed by atoms with E-state index in [2.05, 4.69) is 5.32 Å². The molecule has 0 radical (unpaired) electrons. The highest BCUT2D eigenvalue weighted by Gasteiger charge is 2.21. The van der Waals surface area contributed by atoms with Crippen LogP contribution in [0.3, 0.4) is 0 Å². The van der Waals surface area contributed by atoms with Crippen molar-refractivity contribution in [1.29, 1.82) is 0 Å². The monoisotopic (exact) mass is 339 g/mol. The van der Waals surface area contributed by atoms with Gasteiger partial charge in [0.2, 0.25) is 5.91 Å². The summed E-state index contributed by atoms with van der Waals surface area (Å²) in [5, 5.41) is 2.21. The van der Waals surface area contributed by atoms with Gasteiger partial charge in [0.1, 0.15) is 11.1 Å². The van der Waals surface area contributed by atoms with E-state index >= 15 is 0 Å². The Labute approximate surface area is 136 Å². The van der Waals surface area contributed by atoms with E-state index in [4.69, 9.17) is 11.6 Å². The van der Waals surface area contributed by atoms with Crippen LogP contribution in [0.5, 0.6) is 0 Å². The van der Waals surface area contributed by atoms with Gasteiger partial charge >= 0.3 is 0 Å². The summed E-state index contributed by atoms with van der Waals surface area (Å²) >= 11 is 5.91. The molecule has 0 aliphatic carbocycles. The summed E-state index contributed by atoms with van der Waals surface area (Å²) in [7, 11) is -1.46. The van der Waals surface area contributed by atoms with Crippen molar-refractivity contribution in [1.82, 2.24) is 0 Å². The van der Waals surface area contributed by atoms with Gasteiger partial charge in [-0.3, -0.25) is 9.00 Å². The molecule has 0 heterocycles. The molecule has 6 heteroatoms. The molecule has 0 aliphatic rings. The zero-order chi connectivity index (χ0) is 16.1. The number of amides is 1. The van der Waals surface area contributed by atoms with Gasteiger partial charge in [-0.15, -0.1) is 0 Å². The number of carbonyl (C=O) groups excluding carboxylic acids is 1. The largest absolute Gasteiger partial charge is 0.325 e. The first kappa shape index (κ1) is 16.6. The van der Waals surface area contributed by atoms with Gasteiger partial charge < -0.3 is 5.32 Å². The van der Waals surface area contributed by atoms with Crippen LogP contribution < -0.4 is 5.32 Å². The Morgan fingerprint density at radius 3 is 2.59 bits per heavy atom. The van der Waals surface area contributed by atoms with Crippen molar-refractivity contribution in [3.63, 3.8) is 0 Å². The standard InChI is InChI=1S/C16H15ClFNO2S/c1-11(16(20)19-14-5-3-2-4-6-14)22(21)10-12-7-8-13(18)9-15(12)17/h2-9,11H,10H2,1H3,(H,19,20)/t11-,22-/m1/s1. The number of rotatable bonds is 5. The molecule has 2 rings (SSSR count). The molecule has 0 aliphatic heterocycles. The predicted molar refractivity (Wildman–Crippen MR) is 87.8 cm³/mol. The SMILES string of the molecule is C[C@H](C(=O)Nc1ccccc1)[S@](=O)Cc1ccc(F)cc1Cl. The van der Waals surface area contributed by atoms with Crippen LogP contribution in [-0.4, -0.2) is 15.4 Å². The lowest BCUT2D eigenvalue weighted by Crippen LogP contribution is -2.29. The van der Waals surface area contributed by atoms with E-state index in [1.54, 1.807) is 31.2 Å². The molecule has 116 valence electrons. The molecule has 0 fully saturated rings. The molecule has 22 heavy (non-hydrogen) atoms. The number of para-hydroxylation sites is 1. The third kappa shape index (κ3) is 4.39. The molecular weight excluding hydrogens is 325 g/mol. The quantitative estimate of drug-likeness (QED) is 0.901. The van der Waals surface area contributed by atoms with Gasteiger partial charge in [-0.05, 0) is 36.8 Å². The average molecular weight is 340 g/mol. The number of halogens is 2. The van der Waals surface area contributed by atoms with Crippen molar-refractivity contribution in [2.24, 2.45) is 0 Å². The molecule has 0 bridgehead atoms. The van der Waals surface area contributed by atoms with Crippen LogP contribution in [0.15, 0.2) is 48.5 Å². The van der Waals surface area contributed by atoms with E-state index < -0.39 is 21.9 Å². The Hall–Kier alpha value is -1.72. The van der Waals surface area contributed by atoms with Gasteiger partial charge in [-0.25, -0.2) is 4.39 Å². The van der Waals surface area contributed by atoms with Crippen molar-refractivity contribution in [3.05, 3.63) is 64.9 Å². The van der Waals surface area contributed by atoms with Crippen LogP contribution in [0, 0.1) is 5.82 Å². The topological polar surface area (TPSA) is 46.2 Å². The Kier molecular flexibility index (Phi) is 5.69. The third-order valence-electron chi connectivity index (χ3n) is 3.12. The van der Waals surface area contributed by atoms with Gasteiger partial charge in [0.15, 0.2) is 0 Å². The summed E-state index contributed by atoms with van der Waals surface area (Å²) in [6, 6.07) is 12.9. The van der Waals surface area contributed by atoms with E-state index in [0.717, 1.165) is 0 Å². The van der Waals surface area contributed by atoms with Crippen LogP contribution >= 0.6 is 11.6 Å². The van der Waals surface area contributed by atoms with Crippen LogP contribution in [0.4, 0.5) is 10.1 Å². The van der Waals surface area contributed by atoms with E-state index in [0.29, 0.717) is 11.3 Å². The van der Waals surface area contributed by atoms with E-state index in [-0.39, 0.29) is 16.7 Å². The lowest BCUT2D eigenvalue weighted by atomic mass is 10.2. The Morgan fingerprint density at radius 1 is 1.27 bits per heavy atom. The molecule has 2 aromatic carbocycles. The highest BCUT2D eigenvalue weighted by molar-refractivity contribution is 7.85. The Balaban J connectivity index is 2.01. The minimum atomic E-state index is -1.46. The number of carbonyl (C=O) groups is 1. The Bertz CT molecular complexity index is 694. The first-order valence-electron chi connectivity index (χ1n) is 6.64. The van der Waals surface area contributed by atoms with Crippen LogP contribution in [0.25, 0.3) is 0 Å². The minimum Gasteiger partial charge on any atom is -0.325 e. The highest BCUT2D eigenvalue weighted by Crippen LogP contribution is 2.20. The molecule has 0 saturated heterocycles. The number of anilines is 1. The molecule has 1 N–H and O–H groups in total. The molecular formula is C16H15ClFNO2S. The van der Waals surface area contributed by atoms with Gasteiger partial charge in [-0.2, -0.15) is 0 Å². The zero-order valence-corrected chi connectivity index (χ0v) is 13.5. The minimum absolute atomic E-state index is 0.0997. The maximum absolute atomic E-state index is 13.0. The van der Waals surface area contributed by atoms with Gasteiger partial charge in [-0.1, -0.05) is 35.9 Å². The highest BCUT2D eigenvalue weighted by atomic mass is 35.5. The summed E-state index contributed by atoms with van der Waals surface area (Å²) in [5.74, 6) is -0.681. The second-order valence-corrected chi connectivity index (χ2v) is 6.92. The van der Waals surface area contributed by atoms with E-state index in [1.165, 1.54) is 18.2 Å². The molecule has 2 atom stereocenters. The van der Waals surface area contributed by atoms with Crippen LogP contribution in [-0.2, 0) is 21.3 Å². The number of benzene rings is 2. The predicted octanol–water partition coefficient (Wildman–Crippen LogP) is 3.76. The molecule has 0 unspecified atom stereocenters. The first-order chi connectivity index (χ1) is 10.5. The van der Waals surface area contributed by atoms with Gasteiger partial charge in [0.05, 0.1) is 5.75 Å². The molecule has 0 saturated carbocycles. The van der Waals surface area contributed by atoms with Crippen molar-refractivity contribution in [2.75, 3.05) is 5.32 Å². The van der Waals surface area contributed by atoms with Crippen molar-refractivity contribution >= 4 is 34.0 Å². The lowest BCUT2D eigenvalue weighted by molar-refractivity contribution is -0.115. The van der Waals surface area contributed by atoms with Gasteiger partial charge in [0, 0.05) is 21.5 Å². The fourth-order valence-corrected chi connectivity index (χ4v) is 3.22. The zero-order valence-electron chi connectivity index (χ0n) is 11.9. The molecule has 1 amide bonds. The summed E-state index contributed by atoms with van der Waals surface area (Å²) in [6.45, 7) is 1.59. The maximum atomic E-state index is 13.0. The summed E-state index contributed by atoms with van der Waals surface area (Å²) in [5.41, 5.74) is 1.21.